The van der Waals surface area contributed by atoms with Gasteiger partial charge in [0, 0.05) is 25.3 Å². The third-order valence-electron chi connectivity index (χ3n) is 5.04. The summed E-state index contributed by atoms with van der Waals surface area (Å²) in [5.41, 5.74) is 6.46. The van der Waals surface area contributed by atoms with Crippen molar-refractivity contribution in [2.45, 2.75) is 39.3 Å². The average molecular weight is 335 g/mol. The smallest absolute Gasteiger partial charge is 0.101 e. The zero-order valence-corrected chi connectivity index (χ0v) is 14.9. The predicted molar refractivity (Wildman–Crippen MR) is 102 cm³/mol. The first-order chi connectivity index (χ1) is 12.1. The molecule has 1 fully saturated rings. The van der Waals surface area contributed by atoms with Crippen LogP contribution < -0.4 is 10.2 Å². The molecule has 130 valence electrons. The minimum atomic E-state index is -0.208. The number of benzene rings is 2. The average Bonchev–Trinajstić information content (AvgIpc) is 2.62. The third kappa shape index (κ3) is 3.94. The van der Waals surface area contributed by atoms with Gasteiger partial charge in [-0.05, 0) is 61.6 Å². The molecule has 0 spiro atoms. The summed E-state index contributed by atoms with van der Waals surface area (Å²) in [5, 5.41) is 22.7. The first kappa shape index (κ1) is 17.3. The van der Waals surface area contributed by atoms with Crippen LogP contribution in [0.25, 0.3) is 0 Å². The fraction of sp³-hybridized carbons (Fsp3) is 0.381. The monoisotopic (exact) mass is 335 g/mol. The Labute approximate surface area is 149 Å². The number of aliphatic hydroxyl groups excluding tert-OH is 1. The number of anilines is 2. The molecule has 0 radical (unpaired) electrons. The molecule has 0 saturated carbocycles. The summed E-state index contributed by atoms with van der Waals surface area (Å²) in [7, 11) is 0. The molecule has 1 saturated heterocycles. The fourth-order valence-electron chi connectivity index (χ4n) is 3.44. The second kappa shape index (κ2) is 7.58. The van der Waals surface area contributed by atoms with E-state index in [2.05, 4.69) is 48.3 Å². The molecule has 1 aliphatic heterocycles. The van der Waals surface area contributed by atoms with Crippen molar-refractivity contribution in [1.29, 1.82) is 5.26 Å². The first-order valence-electron chi connectivity index (χ1n) is 8.84. The summed E-state index contributed by atoms with van der Waals surface area (Å²) in [6.45, 7) is 6.59. The highest BCUT2D eigenvalue weighted by molar-refractivity contribution is 5.65. The van der Waals surface area contributed by atoms with E-state index in [1.165, 1.54) is 16.7 Å². The molecule has 2 N–H and O–H groups in total. The SMILES string of the molecule is Cc1cccc(C)c1CNc1ccc(N2CCC(O)CC2)c(C#N)c1. The molecule has 4 heteroatoms. The van der Waals surface area contributed by atoms with Crippen molar-refractivity contribution in [1.82, 2.24) is 0 Å². The van der Waals surface area contributed by atoms with Gasteiger partial charge in [-0.1, -0.05) is 18.2 Å². The van der Waals surface area contributed by atoms with Gasteiger partial charge in [0.05, 0.1) is 17.4 Å². The second-order valence-electron chi connectivity index (χ2n) is 6.79. The van der Waals surface area contributed by atoms with Crippen LogP contribution in [0.4, 0.5) is 11.4 Å². The normalized spacial score (nSPS) is 15.0. The van der Waals surface area contributed by atoms with Crippen molar-refractivity contribution in [3.63, 3.8) is 0 Å². The number of aryl methyl sites for hydroxylation is 2. The molecule has 1 aliphatic rings. The van der Waals surface area contributed by atoms with Crippen LogP contribution in [0.15, 0.2) is 36.4 Å². The van der Waals surface area contributed by atoms with Gasteiger partial charge in [-0.15, -0.1) is 0 Å². The Morgan fingerprint density at radius 2 is 1.84 bits per heavy atom. The summed E-state index contributed by atoms with van der Waals surface area (Å²) in [6.07, 6.45) is 1.31. The lowest BCUT2D eigenvalue weighted by molar-refractivity contribution is 0.145. The number of nitriles is 1. The Kier molecular flexibility index (Phi) is 5.25. The van der Waals surface area contributed by atoms with Gasteiger partial charge in [-0.2, -0.15) is 5.26 Å². The van der Waals surface area contributed by atoms with Crippen molar-refractivity contribution in [3.8, 4) is 6.07 Å². The van der Waals surface area contributed by atoms with E-state index in [0.29, 0.717) is 5.56 Å². The Hall–Kier alpha value is -2.51. The van der Waals surface area contributed by atoms with Crippen molar-refractivity contribution in [2.75, 3.05) is 23.3 Å². The van der Waals surface area contributed by atoms with Gasteiger partial charge in [0.15, 0.2) is 0 Å². The minimum absolute atomic E-state index is 0.208. The molecule has 0 amide bonds. The molecular weight excluding hydrogens is 310 g/mol. The molecule has 0 unspecified atom stereocenters. The number of piperidine rings is 1. The molecule has 4 nitrogen and oxygen atoms in total. The third-order valence-corrected chi connectivity index (χ3v) is 5.04. The van der Waals surface area contributed by atoms with Gasteiger partial charge in [0.25, 0.3) is 0 Å². The Balaban J connectivity index is 1.75. The van der Waals surface area contributed by atoms with Gasteiger partial charge in [-0.3, -0.25) is 0 Å². The molecule has 1 heterocycles. The highest BCUT2D eigenvalue weighted by Crippen LogP contribution is 2.27. The van der Waals surface area contributed by atoms with Crippen molar-refractivity contribution in [3.05, 3.63) is 58.7 Å². The zero-order chi connectivity index (χ0) is 17.8. The van der Waals surface area contributed by atoms with Crippen molar-refractivity contribution < 1.29 is 5.11 Å². The van der Waals surface area contributed by atoms with Crippen LogP contribution in [0, 0.1) is 25.2 Å². The van der Waals surface area contributed by atoms with Crippen LogP contribution in [0.3, 0.4) is 0 Å². The lowest BCUT2D eigenvalue weighted by atomic mass is 10.0. The van der Waals surface area contributed by atoms with Crippen molar-refractivity contribution >= 4 is 11.4 Å². The van der Waals surface area contributed by atoms with E-state index in [0.717, 1.165) is 43.9 Å². The molecule has 0 aliphatic carbocycles. The molecule has 0 atom stereocenters. The predicted octanol–water partition coefficient (Wildman–Crippen LogP) is 3.75. The van der Waals surface area contributed by atoms with Gasteiger partial charge in [0.1, 0.15) is 6.07 Å². The molecule has 0 bridgehead atoms. The standard InChI is InChI=1S/C21H25N3O/c1-15-4-3-5-16(2)20(15)14-23-18-6-7-21(17(12-18)13-22)24-10-8-19(25)9-11-24/h3-7,12,19,23,25H,8-11,14H2,1-2H3. The van der Waals surface area contributed by atoms with Crippen LogP contribution in [0.1, 0.15) is 35.1 Å². The highest BCUT2D eigenvalue weighted by atomic mass is 16.3. The maximum atomic E-state index is 9.67. The highest BCUT2D eigenvalue weighted by Gasteiger charge is 2.19. The van der Waals surface area contributed by atoms with Crippen LogP contribution in [0.2, 0.25) is 0 Å². The number of nitrogens with one attached hydrogen (secondary N) is 1. The van der Waals surface area contributed by atoms with Crippen LogP contribution in [-0.2, 0) is 6.54 Å². The van der Waals surface area contributed by atoms with E-state index in [1.807, 2.05) is 18.2 Å². The summed E-state index contributed by atoms with van der Waals surface area (Å²) in [4.78, 5) is 2.19. The molecule has 25 heavy (non-hydrogen) atoms. The topological polar surface area (TPSA) is 59.3 Å². The Morgan fingerprint density at radius 3 is 2.48 bits per heavy atom. The van der Waals surface area contributed by atoms with Crippen LogP contribution in [-0.4, -0.2) is 24.3 Å². The lowest BCUT2D eigenvalue weighted by Gasteiger charge is -2.32. The van der Waals surface area contributed by atoms with E-state index in [1.54, 1.807) is 0 Å². The van der Waals surface area contributed by atoms with Gasteiger partial charge in [-0.25, -0.2) is 0 Å². The molecule has 3 rings (SSSR count). The van der Waals surface area contributed by atoms with Crippen molar-refractivity contribution in [2.24, 2.45) is 0 Å². The van der Waals surface area contributed by atoms with E-state index < -0.39 is 0 Å². The Bertz CT molecular complexity index is 766. The maximum absolute atomic E-state index is 9.67. The zero-order valence-electron chi connectivity index (χ0n) is 14.9. The van der Waals surface area contributed by atoms with E-state index in [4.69, 9.17) is 0 Å². The van der Waals surface area contributed by atoms with Gasteiger partial charge in [0.2, 0.25) is 0 Å². The van der Waals surface area contributed by atoms with Crippen LogP contribution >= 0.6 is 0 Å². The minimum Gasteiger partial charge on any atom is -0.393 e. The van der Waals surface area contributed by atoms with Gasteiger partial charge >= 0.3 is 0 Å². The first-order valence-corrected chi connectivity index (χ1v) is 8.84. The number of rotatable bonds is 4. The van der Waals surface area contributed by atoms with E-state index in [-0.39, 0.29) is 6.10 Å². The summed E-state index contributed by atoms with van der Waals surface area (Å²) in [5.74, 6) is 0. The molecule has 2 aromatic rings. The maximum Gasteiger partial charge on any atom is 0.101 e. The fourth-order valence-corrected chi connectivity index (χ4v) is 3.44. The second-order valence-corrected chi connectivity index (χ2v) is 6.79. The van der Waals surface area contributed by atoms with Crippen LogP contribution in [0.5, 0.6) is 0 Å². The summed E-state index contributed by atoms with van der Waals surface area (Å²) < 4.78 is 0. The molecule has 2 aromatic carbocycles. The number of aliphatic hydroxyl groups is 1. The molecule has 0 aromatic heterocycles. The summed E-state index contributed by atoms with van der Waals surface area (Å²) in [6, 6.07) is 14.6. The number of hydrogen-bond donors (Lipinski definition) is 2. The Morgan fingerprint density at radius 1 is 1.16 bits per heavy atom. The largest absolute Gasteiger partial charge is 0.393 e. The van der Waals surface area contributed by atoms with E-state index in [9.17, 15) is 10.4 Å². The quantitative estimate of drug-likeness (QED) is 0.893. The number of nitrogens with zero attached hydrogens (tertiary/aromatic N) is 2. The molecular formula is C21H25N3O. The lowest BCUT2D eigenvalue weighted by Crippen LogP contribution is -2.36. The number of hydrogen-bond acceptors (Lipinski definition) is 4. The van der Waals surface area contributed by atoms with Gasteiger partial charge < -0.3 is 15.3 Å². The summed E-state index contributed by atoms with van der Waals surface area (Å²) >= 11 is 0. The van der Waals surface area contributed by atoms with E-state index >= 15 is 0 Å².